The quantitative estimate of drug-likeness (QED) is 0.624. The average molecular weight is 214 g/mol. The number of ether oxygens (including phenoxy) is 1. The Labute approximate surface area is 91.8 Å². The minimum atomic E-state index is 0.730. The van der Waals surface area contributed by atoms with Crippen LogP contribution in [0.3, 0.4) is 0 Å². The summed E-state index contributed by atoms with van der Waals surface area (Å²) in [6.07, 6.45) is 1.63. The summed E-state index contributed by atoms with van der Waals surface area (Å²) in [6.45, 7) is 1.92. The molecule has 16 heavy (non-hydrogen) atoms. The molecule has 2 heterocycles. The van der Waals surface area contributed by atoms with E-state index in [1.54, 1.807) is 13.3 Å². The second-order valence-electron chi connectivity index (χ2n) is 3.61. The molecule has 0 aliphatic rings. The van der Waals surface area contributed by atoms with Crippen molar-refractivity contribution < 1.29 is 9.15 Å². The molecule has 3 rings (SSSR count). The first kappa shape index (κ1) is 9.15. The van der Waals surface area contributed by atoms with Gasteiger partial charge in [0.25, 0.3) is 0 Å². The molecular formula is C12H10N2O2. The van der Waals surface area contributed by atoms with Gasteiger partial charge in [0.15, 0.2) is 16.9 Å². The van der Waals surface area contributed by atoms with E-state index in [4.69, 9.17) is 9.15 Å². The lowest BCUT2D eigenvalue weighted by atomic mass is 10.1. The number of benzene rings is 1. The molecule has 4 heteroatoms. The van der Waals surface area contributed by atoms with Crippen molar-refractivity contribution in [3.63, 3.8) is 0 Å². The maximum absolute atomic E-state index is 5.73. The number of hydrogen-bond donors (Lipinski definition) is 0. The molecule has 0 radical (unpaired) electrons. The molecule has 0 N–H and O–H groups in total. The highest BCUT2D eigenvalue weighted by Gasteiger charge is 2.13. The molecule has 0 saturated heterocycles. The fourth-order valence-electron chi connectivity index (χ4n) is 1.95. The van der Waals surface area contributed by atoms with Crippen molar-refractivity contribution in [2.45, 2.75) is 6.92 Å². The lowest BCUT2D eigenvalue weighted by Gasteiger charge is -1.98. The first-order chi connectivity index (χ1) is 7.81. The van der Waals surface area contributed by atoms with Gasteiger partial charge in [-0.15, -0.1) is 0 Å². The molecule has 0 saturated carbocycles. The Morgan fingerprint density at radius 2 is 2.19 bits per heavy atom. The van der Waals surface area contributed by atoms with Crippen LogP contribution in [-0.4, -0.2) is 17.3 Å². The molecule has 3 aromatic rings. The van der Waals surface area contributed by atoms with Crippen LogP contribution in [0.2, 0.25) is 0 Å². The van der Waals surface area contributed by atoms with Crippen molar-refractivity contribution in [2.24, 2.45) is 0 Å². The van der Waals surface area contributed by atoms with E-state index < -0.39 is 0 Å². The van der Waals surface area contributed by atoms with E-state index in [0.29, 0.717) is 0 Å². The number of fused-ring (bicyclic) bond motifs is 3. The molecule has 0 fully saturated rings. The fourth-order valence-corrected chi connectivity index (χ4v) is 1.95. The van der Waals surface area contributed by atoms with Crippen LogP contribution < -0.4 is 4.74 Å². The van der Waals surface area contributed by atoms with Crippen LogP contribution in [0.15, 0.2) is 28.8 Å². The van der Waals surface area contributed by atoms with E-state index in [1.165, 1.54) is 0 Å². The molecule has 4 nitrogen and oxygen atoms in total. The Balaban J connectivity index is 2.56. The minimum Gasteiger partial charge on any atom is -0.493 e. The molecule has 80 valence electrons. The van der Waals surface area contributed by atoms with Crippen molar-refractivity contribution in [1.29, 1.82) is 0 Å². The summed E-state index contributed by atoms with van der Waals surface area (Å²) >= 11 is 0. The van der Waals surface area contributed by atoms with E-state index in [0.717, 1.165) is 33.4 Å². The fraction of sp³-hybridized carbons (Fsp3) is 0.167. The van der Waals surface area contributed by atoms with E-state index in [2.05, 4.69) is 10.2 Å². The second kappa shape index (κ2) is 3.20. The lowest BCUT2D eigenvalue weighted by Crippen LogP contribution is -1.85. The van der Waals surface area contributed by atoms with Crippen LogP contribution in [0, 0.1) is 6.92 Å². The summed E-state index contributed by atoms with van der Waals surface area (Å²) in [7, 11) is 1.63. The number of rotatable bonds is 1. The molecule has 0 unspecified atom stereocenters. The summed E-state index contributed by atoms with van der Waals surface area (Å²) in [5.74, 6) is 0.730. The van der Waals surface area contributed by atoms with Crippen molar-refractivity contribution >= 4 is 21.9 Å². The van der Waals surface area contributed by atoms with Gasteiger partial charge in [0.1, 0.15) is 0 Å². The zero-order valence-electron chi connectivity index (χ0n) is 9.02. The van der Waals surface area contributed by atoms with Crippen molar-refractivity contribution in [3.8, 4) is 5.75 Å². The van der Waals surface area contributed by atoms with E-state index in [1.807, 2.05) is 25.1 Å². The largest absolute Gasteiger partial charge is 0.493 e. The van der Waals surface area contributed by atoms with Gasteiger partial charge in [-0.1, -0.05) is 12.1 Å². The Bertz CT molecular complexity index is 673. The van der Waals surface area contributed by atoms with Crippen LogP contribution >= 0.6 is 0 Å². The monoisotopic (exact) mass is 214 g/mol. The van der Waals surface area contributed by atoms with Crippen LogP contribution in [0.4, 0.5) is 0 Å². The Morgan fingerprint density at radius 3 is 3.00 bits per heavy atom. The summed E-state index contributed by atoms with van der Waals surface area (Å²) < 4.78 is 11.0. The summed E-state index contributed by atoms with van der Waals surface area (Å²) in [5, 5.41) is 9.93. The molecule has 0 aliphatic carbocycles. The highest BCUT2D eigenvalue weighted by atomic mass is 16.5. The average Bonchev–Trinajstić information content (AvgIpc) is 2.68. The number of methoxy groups -OCH3 is 1. The lowest BCUT2D eigenvalue weighted by molar-refractivity contribution is 0.412. The third-order valence-electron chi connectivity index (χ3n) is 2.67. The zero-order valence-corrected chi connectivity index (χ0v) is 9.02. The first-order valence-corrected chi connectivity index (χ1v) is 4.99. The standard InChI is InChI=1S/C12H10N2O2/c1-7-11-8-4-3-5-9(15-2)12(8)16-10(11)6-13-14-7/h3-6H,1-2H3. The van der Waals surface area contributed by atoms with Gasteiger partial charge >= 0.3 is 0 Å². The number of furan rings is 1. The maximum atomic E-state index is 5.73. The van der Waals surface area contributed by atoms with E-state index in [-0.39, 0.29) is 0 Å². The zero-order chi connectivity index (χ0) is 11.1. The van der Waals surface area contributed by atoms with Gasteiger partial charge in [0, 0.05) is 5.39 Å². The predicted molar refractivity (Wildman–Crippen MR) is 60.6 cm³/mol. The highest BCUT2D eigenvalue weighted by Crippen LogP contribution is 2.34. The van der Waals surface area contributed by atoms with Gasteiger partial charge in [-0.25, -0.2) is 0 Å². The molecule has 0 aliphatic heterocycles. The smallest absolute Gasteiger partial charge is 0.177 e. The van der Waals surface area contributed by atoms with Crippen molar-refractivity contribution in [1.82, 2.24) is 10.2 Å². The molecule has 0 bridgehead atoms. The minimum absolute atomic E-state index is 0.730. The highest BCUT2D eigenvalue weighted by molar-refractivity contribution is 6.07. The maximum Gasteiger partial charge on any atom is 0.177 e. The summed E-state index contributed by atoms with van der Waals surface area (Å²) in [4.78, 5) is 0. The van der Waals surface area contributed by atoms with Gasteiger partial charge in [-0.2, -0.15) is 10.2 Å². The van der Waals surface area contributed by atoms with Gasteiger partial charge < -0.3 is 9.15 Å². The van der Waals surface area contributed by atoms with E-state index in [9.17, 15) is 0 Å². The van der Waals surface area contributed by atoms with Gasteiger partial charge in [0.2, 0.25) is 0 Å². The predicted octanol–water partition coefficient (Wildman–Crippen LogP) is 2.69. The van der Waals surface area contributed by atoms with Crippen LogP contribution in [-0.2, 0) is 0 Å². The van der Waals surface area contributed by atoms with Crippen LogP contribution in [0.25, 0.3) is 21.9 Å². The molecular weight excluding hydrogens is 204 g/mol. The Kier molecular flexibility index (Phi) is 1.83. The molecule has 0 spiro atoms. The first-order valence-electron chi connectivity index (χ1n) is 4.99. The third kappa shape index (κ3) is 1.10. The van der Waals surface area contributed by atoms with E-state index >= 15 is 0 Å². The van der Waals surface area contributed by atoms with Gasteiger partial charge in [0.05, 0.1) is 24.4 Å². The molecule has 2 aromatic heterocycles. The third-order valence-corrected chi connectivity index (χ3v) is 2.67. The normalized spacial score (nSPS) is 11.1. The Morgan fingerprint density at radius 1 is 1.31 bits per heavy atom. The number of aromatic nitrogens is 2. The summed E-state index contributed by atoms with van der Waals surface area (Å²) in [6, 6.07) is 5.81. The van der Waals surface area contributed by atoms with Crippen molar-refractivity contribution in [3.05, 3.63) is 30.1 Å². The van der Waals surface area contributed by atoms with Crippen LogP contribution in [0.1, 0.15) is 5.69 Å². The second-order valence-corrected chi connectivity index (χ2v) is 3.61. The topological polar surface area (TPSA) is 48.2 Å². The molecule has 0 amide bonds. The van der Waals surface area contributed by atoms with Crippen LogP contribution in [0.5, 0.6) is 5.75 Å². The Hall–Kier alpha value is -2.10. The SMILES string of the molecule is COc1cccc2c1oc1cnnc(C)c12. The molecule has 1 aromatic carbocycles. The number of aryl methyl sites for hydroxylation is 1. The van der Waals surface area contributed by atoms with Gasteiger partial charge in [-0.05, 0) is 13.0 Å². The summed E-state index contributed by atoms with van der Waals surface area (Å²) in [5.41, 5.74) is 2.36. The molecule has 0 atom stereocenters. The number of hydrogen-bond acceptors (Lipinski definition) is 4. The van der Waals surface area contributed by atoms with Gasteiger partial charge in [-0.3, -0.25) is 0 Å². The number of nitrogens with zero attached hydrogens (tertiary/aromatic N) is 2. The number of para-hydroxylation sites is 1. The van der Waals surface area contributed by atoms with Crippen molar-refractivity contribution in [2.75, 3.05) is 7.11 Å².